The highest BCUT2D eigenvalue weighted by Crippen LogP contribution is 2.27. The average Bonchev–Trinajstić information content (AvgIpc) is 3.08. The molecule has 28 heavy (non-hydrogen) atoms. The SMILES string of the molecule is Cl.O=C(Nc1ccnn1C1CCN(C(=O)C2CNC2)CC1)c1ccccc1Cl. The van der Waals surface area contributed by atoms with Gasteiger partial charge in [-0.25, -0.2) is 4.68 Å². The Bertz CT molecular complexity index is 844. The summed E-state index contributed by atoms with van der Waals surface area (Å²) in [7, 11) is 0. The number of nitrogens with one attached hydrogen (secondary N) is 2. The minimum atomic E-state index is -0.257. The molecule has 0 radical (unpaired) electrons. The van der Waals surface area contributed by atoms with Gasteiger partial charge in [-0.15, -0.1) is 12.4 Å². The Balaban J connectivity index is 0.00000225. The molecule has 0 aliphatic carbocycles. The highest BCUT2D eigenvalue weighted by Gasteiger charge is 2.32. The van der Waals surface area contributed by atoms with E-state index < -0.39 is 0 Å². The summed E-state index contributed by atoms with van der Waals surface area (Å²) in [5.41, 5.74) is 0.432. The van der Waals surface area contributed by atoms with E-state index >= 15 is 0 Å². The van der Waals surface area contributed by atoms with E-state index in [1.807, 2.05) is 9.58 Å². The second kappa shape index (κ2) is 8.94. The van der Waals surface area contributed by atoms with Gasteiger partial charge in [-0.05, 0) is 25.0 Å². The number of aromatic nitrogens is 2. The van der Waals surface area contributed by atoms with Crippen LogP contribution in [0.4, 0.5) is 5.82 Å². The molecule has 7 nitrogen and oxygen atoms in total. The fraction of sp³-hybridized carbons (Fsp3) is 0.421. The summed E-state index contributed by atoms with van der Waals surface area (Å²) in [6, 6.07) is 8.90. The van der Waals surface area contributed by atoms with Crippen LogP contribution in [0.15, 0.2) is 36.5 Å². The van der Waals surface area contributed by atoms with Crippen LogP contribution in [0.25, 0.3) is 0 Å². The monoisotopic (exact) mass is 423 g/mol. The van der Waals surface area contributed by atoms with Gasteiger partial charge < -0.3 is 15.5 Å². The van der Waals surface area contributed by atoms with Crippen molar-refractivity contribution in [3.8, 4) is 0 Å². The molecule has 1 aromatic carbocycles. The Hall–Kier alpha value is -2.09. The molecule has 2 saturated heterocycles. The van der Waals surface area contributed by atoms with E-state index in [1.54, 1.807) is 36.5 Å². The molecule has 0 spiro atoms. The Labute approximate surface area is 174 Å². The average molecular weight is 424 g/mol. The van der Waals surface area contributed by atoms with Gasteiger partial charge in [0.15, 0.2) is 0 Å². The first-order chi connectivity index (χ1) is 13.1. The molecule has 2 aliphatic heterocycles. The topological polar surface area (TPSA) is 79.3 Å². The third-order valence-electron chi connectivity index (χ3n) is 5.28. The van der Waals surface area contributed by atoms with Crippen molar-refractivity contribution in [1.29, 1.82) is 0 Å². The maximum Gasteiger partial charge on any atom is 0.258 e. The molecule has 1 aromatic heterocycles. The van der Waals surface area contributed by atoms with Crippen LogP contribution in [0.2, 0.25) is 5.02 Å². The zero-order valence-electron chi connectivity index (χ0n) is 15.3. The Kier molecular flexibility index (Phi) is 6.59. The summed E-state index contributed by atoms with van der Waals surface area (Å²) in [5.74, 6) is 0.775. The summed E-state index contributed by atoms with van der Waals surface area (Å²) in [4.78, 5) is 26.8. The molecule has 2 amide bonds. The third kappa shape index (κ3) is 4.16. The quantitative estimate of drug-likeness (QED) is 0.791. The molecule has 0 atom stereocenters. The van der Waals surface area contributed by atoms with Gasteiger partial charge in [-0.2, -0.15) is 5.10 Å². The standard InChI is InChI=1S/C19H22ClN5O2.ClH/c20-16-4-2-1-3-15(16)18(26)23-17-5-8-22-25(17)14-6-9-24(10-7-14)19(27)13-11-21-12-13;/h1-5,8,13-14,21H,6-7,9-12H2,(H,23,26);1H. The van der Waals surface area contributed by atoms with Crippen LogP contribution in [0.3, 0.4) is 0 Å². The number of anilines is 1. The number of hydrogen-bond donors (Lipinski definition) is 2. The molecule has 0 unspecified atom stereocenters. The molecule has 2 fully saturated rings. The number of benzene rings is 1. The second-order valence-corrected chi connectivity index (χ2v) is 7.41. The van der Waals surface area contributed by atoms with Crippen LogP contribution < -0.4 is 10.6 Å². The van der Waals surface area contributed by atoms with E-state index in [1.165, 1.54) is 0 Å². The van der Waals surface area contributed by atoms with Gasteiger partial charge >= 0.3 is 0 Å². The third-order valence-corrected chi connectivity index (χ3v) is 5.61. The van der Waals surface area contributed by atoms with Crippen molar-refractivity contribution in [2.24, 2.45) is 5.92 Å². The maximum atomic E-state index is 12.5. The molecule has 0 bridgehead atoms. The number of rotatable bonds is 4. The van der Waals surface area contributed by atoms with Crippen molar-refractivity contribution in [1.82, 2.24) is 20.0 Å². The lowest BCUT2D eigenvalue weighted by atomic mass is 9.98. The normalized spacial score (nSPS) is 17.5. The number of halogens is 2. The van der Waals surface area contributed by atoms with E-state index in [4.69, 9.17) is 11.6 Å². The van der Waals surface area contributed by atoms with Gasteiger partial charge in [-0.1, -0.05) is 23.7 Å². The maximum absolute atomic E-state index is 12.5. The van der Waals surface area contributed by atoms with Crippen molar-refractivity contribution < 1.29 is 9.59 Å². The molecule has 2 N–H and O–H groups in total. The van der Waals surface area contributed by atoms with Gasteiger partial charge in [0.2, 0.25) is 5.91 Å². The highest BCUT2D eigenvalue weighted by molar-refractivity contribution is 6.34. The molecule has 3 heterocycles. The molecule has 150 valence electrons. The van der Waals surface area contributed by atoms with Crippen LogP contribution in [-0.2, 0) is 4.79 Å². The molecule has 2 aromatic rings. The van der Waals surface area contributed by atoms with E-state index in [9.17, 15) is 9.59 Å². The number of nitrogens with zero attached hydrogens (tertiary/aromatic N) is 3. The fourth-order valence-electron chi connectivity index (χ4n) is 3.59. The van der Waals surface area contributed by atoms with Crippen molar-refractivity contribution in [3.05, 3.63) is 47.1 Å². The summed E-state index contributed by atoms with van der Waals surface area (Å²) in [5, 5.41) is 10.9. The van der Waals surface area contributed by atoms with Crippen molar-refractivity contribution in [2.45, 2.75) is 18.9 Å². The summed E-state index contributed by atoms with van der Waals surface area (Å²) < 4.78 is 1.85. The van der Waals surface area contributed by atoms with Crippen LogP contribution in [0.1, 0.15) is 29.2 Å². The number of piperidine rings is 1. The summed E-state index contributed by atoms with van der Waals surface area (Å²) in [6.45, 7) is 3.02. The van der Waals surface area contributed by atoms with Crippen LogP contribution >= 0.6 is 24.0 Å². The van der Waals surface area contributed by atoms with Gasteiger partial charge in [0.25, 0.3) is 5.91 Å². The van der Waals surface area contributed by atoms with E-state index in [2.05, 4.69) is 15.7 Å². The number of amides is 2. The van der Waals surface area contributed by atoms with Gasteiger partial charge in [0, 0.05) is 32.2 Å². The smallest absolute Gasteiger partial charge is 0.258 e. The lowest BCUT2D eigenvalue weighted by molar-refractivity contribution is -0.138. The Morgan fingerprint density at radius 3 is 2.50 bits per heavy atom. The second-order valence-electron chi connectivity index (χ2n) is 7.01. The van der Waals surface area contributed by atoms with Crippen molar-refractivity contribution >= 4 is 41.6 Å². The van der Waals surface area contributed by atoms with E-state index in [0.29, 0.717) is 16.4 Å². The van der Waals surface area contributed by atoms with E-state index in [-0.39, 0.29) is 36.2 Å². The van der Waals surface area contributed by atoms with Crippen molar-refractivity contribution in [2.75, 3.05) is 31.5 Å². The molecule has 0 saturated carbocycles. The minimum absolute atomic E-state index is 0. The van der Waals surface area contributed by atoms with E-state index in [0.717, 1.165) is 39.0 Å². The first kappa shape index (κ1) is 20.6. The molecule has 2 aliphatic rings. The largest absolute Gasteiger partial charge is 0.342 e. The molecule has 9 heteroatoms. The Morgan fingerprint density at radius 1 is 1.14 bits per heavy atom. The van der Waals surface area contributed by atoms with Crippen LogP contribution in [0.5, 0.6) is 0 Å². The summed E-state index contributed by atoms with van der Waals surface area (Å²) in [6.07, 6.45) is 3.32. The fourth-order valence-corrected chi connectivity index (χ4v) is 3.81. The van der Waals surface area contributed by atoms with Gasteiger partial charge in [-0.3, -0.25) is 9.59 Å². The predicted octanol–water partition coefficient (Wildman–Crippen LogP) is 2.59. The summed E-state index contributed by atoms with van der Waals surface area (Å²) >= 11 is 6.11. The van der Waals surface area contributed by atoms with Crippen LogP contribution in [0, 0.1) is 5.92 Å². The zero-order chi connectivity index (χ0) is 18.8. The first-order valence-electron chi connectivity index (χ1n) is 9.22. The molecule has 4 rings (SSSR count). The van der Waals surface area contributed by atoms with Crippen molar-refractivity contribution in [3.63, 3.8) is 0 Å². The molecular formula is C19H23Cl2N5O2. The van der Waals surface area contributed by atoms with Gasteiger partial charge in [0.1, 0.15) is 5.82 Å². The van der Waals surface area contributed by atoms with Gasteiger partial charge in [0.05, 0.1) is 28.7 Å². The highest BCUT2D eigenvalue weighted by atomic mass is 35.5. The lowest BCUT2D eigenvalue weighted by Gasteiger charge is -2.37. The minimum Gasteiger partial charge on any atom is -0.342 e. The number of carbonyl (C=O) groups excluding carboxylic acids is 2. The number of hydrogen-bond acceptors (Lipinski definition) is 4. The first-order valence-corrected chi connectivity index (χ1v) is 9.60. The zero-order valence-corrected chi connectivity index (χ0v) is 16.9. The number of likely N-dealkylation sites (tertiary alicyclic amines) is 1. The predicted molar refractivity (Wildman–Crippen MR) is 110 cm³/mol. The number of carbonyl (C=O) groups is 2. The lowest BCUT2D eigenvalue weighted by Crippen LogP contribution is -2.53. The van der Waals surface area contributed by atoms with Crippen LogP contribution in [-0.4, -0.2) is 52.7 Å². The molecular weight excluding hydrogens is 401 g/mol. The Morgan fingerprint density at radius 2 is 1.86 bits per heavy atom.